The highest BCUT2D eigenvalue weighted by Gasteiger charge is 2.45. The number of aryl methyl sites for hydroxylation is 1. The largest absolute Gasteiger partial charge is 0.404 e. The summed E-state index contributed by atoms with van der Waals surface area (Å²) < 4.78 is 38.8. The van der Waals surface area contributed by atoms with Crippen LogP contribution in [0.4, 0.5) is 13.2 Å². The second kappa shape index (κ2) is 5.59. The Bertz CT molecular complexity index is 646. The van der Waals surface area contributed by atoms with Crippen molar-refractivity contribution >= 4 is 5.57 Å². The molecule has 0 radical (unpaired) electrons. The number of alkyl halides is 3. The average Bonchev–Trinajstić information content (AvgIpc) is 2.47. The van der Waals surface area contributed by atoms with Gasteiger partial charge in [-0.3, -0.25) is 0 Å². The molecule has 0 aliphatic heterocycles. The Morgan fingerprint density at radius 3 is 2.43 bits per heavy atom. The number of hydrogen-bond donors (Lipinski definition) is 1. The van der Waals surface area contributed by atoms with Crippen molar-refractivity contribution in [2.24, 2.45) is 11.7 Å². The summed E-state index contributed by atoms with van der Waals surface area (Å²) in [7, 11) is 0. The molecule has 21 heavy (non-hydrogen) atoms. The summed E-state index contributed by atoms with van der Waals surface area (Å²) >= 11 is 0. The van der Waals surface area contributed by atoms with Crippen LogP contribution >= 0.6 is 0 Å². The predicted molar refractivity (Wildman–Crippen MR) is 70.4 cm³/mol. The fraction of sp³-hybridized carbons (Fsp3) is 0.333. The van der Waals surface area contributed by atoms with Gasteiger partial charge in [0.2, 0.25) is 0 Å². The molecule has 2 rings (SSSR count). The molecule has 108 valence electrons. The van der Waals surface area contributed by atoms with Gasteiger partial charge >= 0.3 is 6.18 Å². The van der Waals surface area contributed by atoms with E-state index in [9.17, 15) is 13.2 Å². The van der Waals surface area contributed by atoms with E-state index in [-0.39, 0.29) is 17.6 Å². The molecule has 0 saturated heterocycles. The van der Waals surface area contributed by atoms with Gasteiger partial charge in [0.25, 0.3) is 0 Å². The summed E-state index contributed by atoms with van der Waals surface area (Å²) in [4.78, 5) is 0. The van der Waals surface area contributed by atoms with Crippen LogP contribution in [0.1, 0.15) is 17.5 Å². The van der Waals surface area contributed by atoms with E-state index in [1.54, 1.807) is 36.4 Å². The molecule has 1 aromatic rings. The summed E-state index contributed by atoms with van der Waals surface area (Å²) in [5, 5.41) is 18.1. The third-order valence-corrected chi connectivity index (χ3v) is 3.71. The summed E-state index contributed by atoms with van der Waals surface area (Å²) in [6.45, 7) is 0. The Labute approximate surface area is 120 Å². The lowest BCUT2D eigenvalue weighted by atomic mass is 9.74. The smallest absolute Gasteiger partial charge is 0.320 e. The molecule has 0 aromatic heterocycles. The molecule has 1 aliphatic carbocycles. The molecule has 2 N–H and O–H groups in total. The van der Waals surface area contributed by atoms with Crippen LogP contribution < -0.4 is 5.73 Å². The Hall–Kier alpha value is -2.31. The molecule has 0 spiro atoms. The van der Waals surface area contributed by atoms with Crippen LogP contribution in [0.3, 0.4) is 0 Å². The molecule has 0 heterocycles. The Kier molecular flexibility index (Phi) is 4.02. The van der Waals surface area contributed by atoms with Gasteiger partial charge in [-0.15, -0.1) is 0 Å². The highest BCUT2D eigenvalue weighted by Crippen LogP contribution is 2.42. The molecule has 1 aliphatic rings. The lowest BCUT2D eigenvalue weighted by Crippen LogP contribution is -2.45. The number of nitrogens with zero attached hydrogens (tertiary/aromatic N) is 2. The minimum absolute atomic E-state index is 0.117. The van der Waals surface area contributed by atoms with E-state index in [4.69, 9.17) is 16.3 Å². The molecule has 0 saturated carbocycles. The highest BCUT2D eigenvalue weighted by molar-refractivity contribution is 5.80. The molecule has 3 nitrogen and oxygen atoms in total. The van der Waals surface area contributed by atoms with E-state index in [2.05, 4.69) is 0 Å². The van der Waals surface area contributed by atoms with Crippen molar-refractivity contribution in [3.05, 3.63) is 41.0 Å². The lowest BCUT2D eigenvalue weighted by molar-refractivity contribution is -0.155. The van der Waals surface area contributed by atoms with Crippen LogP contribution in [0.15, 0.2) is 29.8 Å². The van der Waals surface area contributed by atoms with Crippen molar-refractivity contribution in [1.29, 1.82) is 10.5 Å². The third-order valence-electron chi connectivity index (χ3n) is 3.71. The normalized spacial score (nSPS) is 19.1. The van der Waals surface area contributed by atoms with Crippen LogP contribution in [0, 0.1) is 28.6 Å². The number of rotatable bonds is 1. The lowest BCUT2D eigenvalue weighted by Gasteiger charge is -2.33. The first-order chi connectivity index (χ1) is 9.90. The molecule has 1 aromatic carbocycles. The van der Waals surface area contributed by atoms with Gasteiger partial charge in [0.05, 0.1) is 0 Å². The first-order valence-corrected chi connectivity index (χ1v) is 6.35. The van der Waals surface area contributed by atoms with E-state index in [0.717, 1.165) is 5.56 Å². The van der Waals surface area contributed by atoms with Crippen LogP contribution in [-0.2, 0) is 6.42 Å². The zero-order valence-corrected chi connectivity index (χ0v) is 11.0. The Morgan fingerprint density at radius 2 is 1.86 bits per heavy atom. The van der Waals surface area contributed by atoms with E-state index in [1.807, 2.05) is 0 Å². The second-order valence-corrected chi connectivity index (χ2v) is 4.88. The van der Waals surface area contributed by atoms with Crippen molar-refractivity contribution in [1.82, 2.24) is 0 Å². The maximum Gasteiger partial charge on any atom is 0.404 e. The molecule has 6 heteroatoms. The number of nitrogens with two attached hydrogens (primary N) is 1. The van der Waals surface area contributed by atoms with Gasteiger partial charge in [-0.25, -0.2) is 0 Å². The van der Waals surface area contributed by atoms with Gasteiger partial charge < -0.3 is 5.73 Å². The number of halogens is 3. The predicted octanol–water partition coefficient (Wildman–Crippen LogP) is 2.94. The van der Waals surface area contributed by atoms with Crippen molar-refractivity contribution in [2.45, 2.75) is 25.1 Å². The van der Waals surface area contributed by atoms with Gasteiger partial charge in [-0.05, 0) is 29.5 Å². The summed E-state index contributed by atoms with van der Waals surface area (Å²) in [6, 6.07) is 8.18. The van der Waals surface area contributed by atoms with Crippen molar-refractivity contribution in [3.8, 4) is 12.1 Å². The molecule has 0 unspecified atom stereocenters. The van der Waals surface area contributed by atoms with Crippen LogP contribution in [0.25, 0.3) is 5.57 Å². The van der Waals surface area contributed by atoms with Crippen molar-refractivity contribution in [3.63, 3.8) is 0 Å². The summed E-state index contributed by atoms with van der Waals surface area (Å²) in [5.41, 5.74) is 6.51. The molecule has 2 atom stereocenters. The average molecular weight is 291 g/mol. The number of hydrogen-bond acceptors (Lipinski definition) is 3. The van der Waals surface area contributed by atoms with Crippen LogP contribution in [0.2, 0.25) is 0 Å². The quantitative estimate of drug-likeness (QED) is 0.808. The fourth-order valence-corrected chi connectivity index (χ4v) is 2.71. The van der Waals surface area contributed by atoms with Crippen molar-refractivity contribution in [2.75, 3.05) is 0 Å². The SMILES string of the molecule is N#CC(C#N)=C1c2ccccc2CC[C@H]1[C@@H](N)C(F)(F)F. The number of allylic oxidation sites excluding steroid dienone is 1. The molecular weight excluding hydrogens is 279 g/mol. The van der Waals surface area contributed by atoms with E-state index in [0.29, 0.717) is 12.0 Å². The van der Waals surface area contributed by atoms with Gasteiger partial charge in [0.15, 0.2) is 0 Å². The van der Waals surface area contributed by atoms with E-state index < -0.39 is 18.1 Å². The standard InChI is InChI=1S/C15H12F3N3/c16-15(17,18)14(21)12-6-5-9-3-1-2-4-11(9)13(12)10(7-19)8-20/h1-4,12,14H,5-6,21H2/t12-,14-/m1/s1. The van der Waals surface area contributed by atoms with Gasteiger partial charge in [-0.1, -0.05) is 24.3 Å². The molecule has 0 amide bonds. The third kappa shape index (κ3) is 2.76. The highest BCUT2D eigenvalue weighted by atomic mass is 19.4. The summed E-state index contributed by atoms with van der Waals surface area (Å²) in [5.74, 6) is -1.07. The number of benzene rings is 1. The first-order valence-electron chi connectivity index (χ1n) is 6.35. The van der Waals surface area contributed by atoms with Gasteiger partial charge in [0, 0.05) is 5.92 Å². The number of nitriles is 2. The Morgan fingerprint density at radius 1 is 1.24 bits per heavy atom. The first kappa shape index (κ1) is 15.1. The van der Waals surface area contributed by atoms with Crippen LogP contribution in [0.5, 0.6) is 0 Å². The van der Waals surface area contributed by atoms with E-state index in [1.165, 1.54) is 0 Å². The monoisotopic (exact) mass is 291 g/mol. The minimum Gasteiger partial charge on any atom is -0.320 e. The second-order valence-electron chi connectivity index (χ2n) is 4.88. The topological polar surface area (TPSA) is 73.6 Å². The zero-order chi connectivity index (χ0) is 15.6. The van der Waals surface area contributed by atoms with Gasteiger partial charge in [0.1, 0.15) is 23.8 Å². The maximum absolute atomic E-state index is 12.9. The Balaban J connectivity index is 2.63. The summed E-state index contributed by atoms with van der Waals surface area (Å²) in [6.07, 6.45) is -3.96. The number of fused-ring (bicyclic) bond motifs is 1. The molecule has 0 fully saturated rings. The maximum atomic E-state index is 12.9. The van der Waals surface area contributed by atoms with Crippen LogP contribution in [-0.4, -0.2) is 12.2 Å². The van der Waals surface area contributed by atoms with Crippen molar-refractivity contribution < 1.29 is 13.2 Å². The molecular formula is C15H12F3N3. The van der Waals surface area contributed by atoms with Gasteiger partial charge in [-0.2, -0.15) is 23.7 Å². The zero-order valence-electron chi connectivity index (χ0n) is 11.0. The van der Waals surface area contributed by atoms with E-state index >= 15 is 0 Å². The minimum atomic E-state index is -4.57. The fourth-order valence-electron chi connectivity index (χ4n) is 2.71. The molecule has 0 bridgehead atoms.